The molecule has 1 aliphatic heterocycles. The Morgan fingerprint density at radius 3 is 2.95 bits per heavy atom. The number of nitrogens with zero attached hydrogens (tertiary/aromatic N) is 1. The molecule has 1 aromatic carbocycles. The van der Waals surface area contributed by atoms with E-state index in [0.717, 1.165) is 37.7 Å². The molecule has 0 spiro atoms. The first kappa shape index (κ1) is 14.2. The largest absolute Gasteiger partial charge is 0.507 e. The lowest BCUT2D eigenvalue weighted by atomic mass is 9.99. The molecule has 1 aromatic rings. The third-order valence-electron chi connectivity index (χ3n) is 3.70. The first-order chi connectivity index (χ1) is 9.19. The van der Waals surface area contributed by atoms with Gasteiger partial charge in [-0.15, -0.1) is 0 Å². The van der Waals surface area contributed by atoms with Crippen LogP contribution in [0.5, 0.6) is 11.5 Å². The van der Waals surface area contributed by atoms with Crippen molar-refractivity contribution in [1.82, 2.24) is 10.2 Å². The zero-order valence-electron chi connectivity index (χ0n) is 11.9. The second-order valence-corrected chi connectivity index (χ2v) is 5.40. The summed E-state index contributed by atoms with van der Waals surface area (Å²) in [4.78, 5) is 2.28. The molecule has 1 unspecified atom stereocenters. The van der Waals surface area contributed by atoms with Crippen LogP contribution in [0.1, 0.15) is 18.4 Å². The summed E-state index contributed by atoms with van der Waals surface area (Å²) < 4.78 is 5.09. The normalized spacial score (nSPS) is 19.6. The van der Waals surface area contributed by atoms with Crippen molar-refractivity contribution in [3.63, 3.8) is 0 Å². The Kier molecular flexibility index (Phi) is 5.05. The number of methoxy groups -OCH3 is 1. The highest BCUT2D eigenvalue weighted by Crippen LogP contribution is 2.24. The first-order valence-electron chi connectivity index (χ1n) is 6.94. The van der Waals surface area contributed by atoms with Crippen LogP contribution in [0.2, 0.25) is 0 Å². The van der Waals surface area contributed by atoms with Gasteiger partial charge in [-0.1, -0.05) is 6.07 Å². The van der Waals surface area contributed by atoms with Crippen molar-refractivity contribution < 1.29 is 9.84 Å². The van der Waals surface area contributed by atoms with E-state index >= 15 is 0 Å². The molecule has 0 amide bonds. The predicted octanol–water partition coefficient (Wildman–Crippen LogP) is 1.83. The zero-order chi connectivity index (χ0) is 13.7. The maximum atomic E-state index is 9.96. The van der Waals surface area contributed by atoms with Crippen LogP contribution in [0.15, 0.2) is 18.2 Å². The van der Waals surface area contributed by atoms with Crippen molar-refractivity contribution in [3.8, 4) is 11.5 Å². The third-order valence-corrected chi connectivity index (χ3v) is 3.70. The average molecular weight is 264 g/mol. The molecule has 0 saturated carbocycles. The van der Waals surface area contributed by atoms with E-state index in [4.69, 9.17) is 4.74 Å². The van der Waals surface area contributed by atoms with Crippen LogP contribution >= 0.6 is 0 Å². The van der Waals surface area contributed by atoms with Crippen molar-refractivity contribution in [2.24, 2.45) is 5.92 Å². The molecule has 0 bridgehead atoms. The van der Waals surface area contributed by atoms with Crippen LogP contribution in [-0.4, -0.2) is 43.8 Å². The highest BCUT2D eigenvalue weighted by Gasteiger charge is 2.15. The Hall–Kier alpha value is -1.26. The Balaban J connectivity index is 1.88. The molecule has 0 aliphatic carbocycles. The predicted molar refractivity (Wildman–Crippen MR) is 76.6 cm³/mol. The number of phenolic OH excluding ortho intramolecular Hbond substituents is 1. The number of hydrogen-bond donors (Lipinski definition) is 2. The van der Waals surface area contributed by atoms with E-state index in [1.165, 1.54) is 12.8 Å². The molecule has 1 fully saturated rings. The standard InChI is InChI=1S/C15H24N2O2/c1-17(10-12-4-3-7-16-9-12)11-13-5-6-14(19-2)8-15(13)18/h5-6,8,12,16,18H,3-4,7,9-11H2,1-2H3. The van der Waals surface area contributed by atoms with Crippen molar-refractivity contribution in [2.75, 3.05) is 33.8 Å². The summed E-state index contributed by atoms with van der Waals surface area (Å²) in [5.74, 6) is 1.73. The lowest BCUT2D eigenvalue weighted by Gasteiger charge is -2.27. The summed E-state index contributed by atoms with van der Waals surface area (Å²) in [6, 6.07) is 5.50. The minimum Gasteiger partial charge on any atom is -0.507 e. The molecule has 19 heavy (non-hydrogen) atoms. The second kappa shape index (κ2) is 6.78. The fraction of sp³-hybridized carbons (Fsp3) is 0.600. The molecule has 4 heteroatoms. The van der Waals surface area contributed by atoms with E-state index in [1.54, 1.807) is 13.2 Å². The molecular formula is C15H24N2O2. The van der Waals surface area contributed by atoms with Crippen LogP contribution in [0.4, 0.5) is 0 Å². The topological polar surface area (TPSA) is 44.7 Å². The summed E-state index contributed by atoms with van der Waals surface area (Å²) >= 11 is 0. The van der Waals surface area contributed by atoms with Gasteiger partial charge < -0.3 is 20.1 Å². The lowest BCUT2D eigenvalue weighted by Crippen LogP contribution is -2.36. The van der Waals surface area contributed by atoms with Crippen LogP contribution in [-0.2, 0) is 6.54 Å². The molecule has 1 atom stereocenters. The number of nitrogens with one attached hydrogen (secondary N) is 1. The Morgan fingerprint density at radius 2 is 2.32 bits per heavy atom. The molecule has 1 aliphatic rings. The van der Waals surface area contributed by atoms with Gasteiger partial charge in [-0.05, 0) is 45.0 Å². The Labute approximate surface area is 115 Å². The average Bonchev–Trinajstić information content (AvgIpc) is 2.42. The number of piperidine rings is 1. The first-order valence-corrected chi connectivity index (χ1v) is 6.94. The van der Waals surface area contributed by atoms with Gasteiger partial charge in [0.15, 0.2) is 0 Å². The van der Waals surface area contributed by atoms with Crippen molar-refractivity contribution in [2.45, 2.75) is 19.4 Å². The van der Waals surface area contributed by atoms with Gasteiger partial charge in [0.05, 0.1) is 7.11 Å². The number of phenols is 1. The minimum atomic E-state index is 0.313. The summed E-state index contributed by atoms with van der Waals surface area (Å²) in [5.41, 5.74) is 0.951. The molecular weight excluding hydrogens is 240 g/mol. The molecule has 4 nitrogen and oxygen atoms in total. The molecule has 0 aromatic heterocycles. The maximum Gasteiger partial charge on any atom is 0.123 e. The van der Waals surface area contributed by atoms with Crippen molar-refractivity contribution in [1.29, 1.82) is 0 Å². The van der Waals surface area contributed by atoms with Crippen molar-refractivity contribution in [3.05, 3.63) is 23.8 Å². The second-order valence-electron chi connectivity index (χ2n) is 5.40. The van der Waals surface area contributed by atoms with Gasteiger partial charge in [0.25, 0.3) is 0 Å². The van der Waals surface area contributed by atoms with Gasteiger partial charge in [-0.3, -0.25) is 0 Å². The van der Waals surface area contributed by atoms with Gasteiger partial charge in [-0.25, -0.2) is 0 Å². The number of rotatable bonds is 5. The van der Waals surface area contributed by atoms with Gasteiger partial charge in [0.2, 0.25) is 0 Å². The van der Waals surface area contributed by atoms with Crippen LogP contribution in [0, 0.1) is 5.92 Å². The van der Waals surface area contributed by atoms with E-state index in [2.05, 4.69) is 17.3 Å². The fourth-order valence-electron chi connectivity index (χ4n) is 2.68. The summed E-state index contributed by atoms with van der Waals surface area (Å²) in [6.45, 7) is 4.10. The molecule has 1 saturated heterocycles. The van der Waals surface area contributed by atoms with Crippen LogP contribution in [0.25, 0.3) is 0 Å². The zero-order valence-corrected chi connectivity index (χ0v) is 11.9. The number of benzene rings is 1. The van der Waals surface area contributed by atoms with E-state index in [1.807, 2.05) is 12.1 Å². The highest BCUT2D eigenvalue weighted by atomic mass is 16.5. The van der Waals surface area contributed by atoms with E-state index in [9.17, 15) is 5.11 Å². The monoisotopic (exact) mass is 264 g/mol. The minimum absolute atomic E-state index is 0.313. The number of ether oxygens (including phenoxy) is 1. The van der Waals surface area contributed by atoms with Crippen LogP contribution in [0.3, 0.4) is 0 Å². The fourth-order valence-corrected chi connectivity index (χ4v) is 2.68. The van der Waals surface area contributed by atoms with E-state index < -0.39 is 0 Å². The number of hydrogen-bond acceptors (Lipinski definition) is 4. The third kappa shape index (κ3) is 4.11. The van der Waals surface area contributed by atoms with E-state index in [0.29, 0.717) is 11.5 Å². The summed E-state index contributed by atoms with van der Waals surface area (Å²) in [5, 5.41) is 13.4. The Morgan fingerprint density at radius 1 is 1.47 bits per heavy atom. The summed E-state index contributed by atoms with van der Waals surface area (Å²) in [7, 11) is 3.72. The molecule has 0 radical (unpaired) electrons. The van der Waals surface area contributed by atoms with E-state index in [-0.39, 0.29) is 0 Å². The number of aromatic hydroxyl groups is 1. The van der Waals surface area contributed by atoms with Gasteiger partial charge in [0, 0.05) is 24.7 Å². The SMILES string of the molecule is COc1ccc(CN(C)CC2CCCNC2)c(O)c1. The highest BCUT2D eigenvalue weighted by molar-refractivity contribution is 5.39. The Bertz CT molecular complexity index is 403. The van der Waals surface area contributed by atoms with Crippen LogP contribution < -0.4 is 10.1 Å². The van der Waals surface area contributed by atoms with Gasteiger partial charge in [0.1, 0.15) is 11.5 Å². The lowest BCUT2D eigenvalue weighted by molar-refractivity contribution is 0.235. The molecule has 2 N–H and O–H groups in total. The quantitative estimate of drug-likeness (QED) is 0.851. The maximum absolute atomic E-state index is 9.96. The molecule has 106 valence electrons. The van der Waals surface area contributed by atoms with Crippen molar-refractivity contribution >= 4 is 0 Å². The summed E-state index contributed by atoms with van der Waals surface area (Å²) in [6.07, 6.45) is 2.57. The molecule has 1 heterocycles. The van der Waals surface area contributed by atoms with Gasteiger partial charge in [-0.2, -0.15) is 0 Å². The molecule has 2 rings (SSSR count). The smallest absolute Gasteiger partial charge is 0.123 e. The van der Waals surface area contributed by atoms with Gasteiger partial charge >= 0.3 is 0 Å².